The van der Waals surface area contributed by atoms with E-state index in [9.17, 15) is 13.2 Å². The van der Waals surface area contributed by atoms with Crippen LogP contribution in [0.5, 0.6) is 0 Å². The van der Waals surface area contributed by atoms with E-state index in [-0.39, 0.29) is 12.2 Å². The Morgan fingerprint density at radius 2 is 1.82 bits per heavy atom. The number of carbonyl (C=O) groups excluding carboxylic acids is 1. The average molecular weight is 274 g/mol. The summed E-state index contributed by atoms with van der Waals surface area (Å²) < 4.78 is 21.8. The smallest absolute Gasteiger partial charge is 0.159 e. The van der Waals surface area contributed by atoms with Crippen LogP contribution in [0.15, 0.2) is 12.1 Å². The lowest BCUT2D eigenvalue weighted by Crippen LogP contribution is -2.40. The van der Waals surface area contributed by atoms with Crippen molar-refractivity contribution < 1.29 is 13.2 Å². The lowest BCUT2D eigenvalue weighted by Gasteiger charge is -2.20. The van der Waals surface area contributed by atoms with Gasteiger partial charge in [-0.2, -0.15) is 0 Å². The zero-order valence-electron chi connectivity index (χ0n) is 10.6. The summed E-state index contributed by atoms with van der Waals surface area (Å²) in [5.41, 5.74) is 0. The molecule has 1 aromatic rings. The van der Waals surface area contributed by atoms with E-state index in [4.69, 9.17) is 0 Å². The van der Waals surface area contributed by atoms with Crippen LogP contribution < -0.4 is 0 Å². The van der Waals surface area contributed by atoms with Gasteiger partial charge >= 0.3 is 0 Å². The van der Waals surface area contributed by atoms with Crippen LogP contribution in [0, 0.1) is 0 Å². The molecule has 0 unspecified atom stereocenters. The Kier molecular flexibility index (Phi) is 4.15. The molecule has 1 aromatic heterocycles. The standard InChI is InChI=1S/C12H18O3S2/c1-5-9-6-7-10(16-9)8-11(13)12(2,3)17(4,14)15/h6-7H,5,8H2,1-4H3. The van der Waals surface area contributed by atoms with Gasteiger partial charge in [-0.3, -0.25) is 4.79 Å². The molecular weight excluding hydrogens is 256 g/mol. The van der Waals surface area contributed by atoms with E-state index < -0.39 is 14.6 Å². The molecule has 0 saturated carbocycles. The molecule has 17 heavy (non-hydrogen) atoms. The first-order valence-corrected chi connectivity index (χ1v) is 8.19. The summed E-state index contributed by atoms with van der Waals surface area (Å²) in [5, 5.41) is 0. The molecule has 3 nitrogen and oxygen atoms in total. The van der Waals surface area contributed by atoms with Gasteiger partial charge in [0.2, 0.25) is 0 Å². The Hall–Kier alpha value is -0.680. The van der Waals surface area contributed by atoms with Gasteiger partial charge in [0.1, 0.15) is 4.75 Å². The lowest BCUT2D eigenvalue weighted by molar-refractivity contribution is -0.120. The highest BCUT2D eigenvalue weighted by Gasteiger charge is 2.37. The molecule has 0 aliphatic heterocycles. The summed E-state index contributed by atoms with van der Waals surface area (Å²) in [5.74, 6) is -0.246. The Morgan fingerprint density at radius 3 is 2.24 bits per heavy atom. The predicted octanol–water partition coefficient (Wildman–Crippen LogP) is 2.25. The van der Waals surface area contributed by atoms with Crippen molar-refractivity contribution in [3.8, 4) is 0 Å². The third kappa shape index (κ3) is 3.16. The average Bonchev–Trinajstić information content (AvgIpc) is 2.63. The van der Waals surface area contributed by atoms with Crippen LogP contribution in [0.2, 0.25) is 0 Å². The van der Waals surface area contributed by atoms with Crippen LogP contribution in [0.4, 0.5) is 0 Å². The van der Waals surface area contributed by atoms with Crippen molar-refractivity contribution in [3.63, 3.8) is 0 Å². The maximum atomic E-state index is 12.0. The third-order valence-corrected chi connectivity index (χ3v) is 6.31. The van der Waals surface area contributed by atoms with Gasteiger partial charge in [-0.05, 0) is 32.4 Å². The Balaban J connectivity index is 2.86. The second-order valence-corrected chi connectivity index (χ2v) is 8.42. The molecule has 0 aliphatic rings. The van der Waals surface area contributed by atoms with Gasteiger partial charge in [0.05, 0.1) is 0 Å². The number of carbonyl (C=O) groups is 1. The zero-order valence-corrected chi connectivity index (χ0v) is 12.2. The maximum Gasteiger partial charge on any atom is 0.159 e. The van der Waals surface area contributed by atoms with Crippen LogP contribution in [0.1, 0.15) is 30.5 Å². The molecule has 0 aliphatic carbocycles. The minimum Gasteiger partial charge on any atom is -0.298 e. The van der Waals surface area contributed by atoms with Crippen LogP contribution in [0.3, 0.4) is 0 Å². The second-order valence-electron chi connectivity index (χ2n) is 4.60. The summed E-state index contributed by atoms with van der Waals surface area (Å²) in [6, 6.07) is 3.89. The molecule has 96 valence electrons. The van der Waals surface area contributed by atoms with Crippen molar-refractivity contribution in [3.05, 3.63) is 21.9 Å². The number of rotatable bonds is 5. The fraction of sp³-hybridized carbons (Fsp3) is 0.583. The summed E-state index contributed by atoms with van der Waals surface area (Å²) >= 11 is 1.57. The molecule has 5 heteroatoms. The van der Waals surface area contributed by atoms with Crippen LogP contribution in [-0.2, 0) is 27.5 Å². The highest BCUT2D eigenvalue weighted by molar-refractivity contribution is 7.92. The SMILES string of the molecule is CCc1ccc(CC(=O)C(C)(C)S(C)(=O)=O)s1. The fourth-order valence-corrected chi connectivity index (χ4v) is 2.73. The summed E-state index contributed by atoms with van der Waals surface area (Å²) in [4.78, 5) is 14.2. The van der Waals surface area contributed by atoms with Crippen molar-refractivity contribution in [1.29, 1.82) is 0 Å². The normalized spacial score (nSPS) is 12.7. The Labute approximate surface area is 107 Å². The molecule has 0 spiro atoms. The van der Waals surface area contributed by atoms with Crippen LogP contribution >= 0.6 is 11.3 Å². The molecule has 0 atom stereocenters. The number of Topliss-reactive ketones (excluding diaryl/α,β-unsaturated/α-hetero) is 1. The largest absolute Gasteiger partial charge is 0.298 e. The van der Waals surface area contributed by atoms with Crippen molar-refractivity contribution in [2.45, 2.75) is 38.4 Å². The van der Waals surface area contributed by atoms with Gasteiger partial charge in [-0.15, -0.1) is 11.3 Å². The molecule has 1 rings (SSSR count). The minimum absolute atomic E-state index is 0.199. The van der Waals surface area contributed by atoms with E-state index in [1.165, 1.54) is 18.7 Å². The topological polar surface area (TPSA) is 51.2 Å². The number of hydrogen-bond donors (Lipinski definition) is 0. The van der Waals surface area contributed by atoms with Crippen molar-refractivity contribution in [2.75, 3.05) is 6.26 Å². The molecule has 0 fully saturated rings. The first-order chi connectivity index (χ1) is 7.68. The first-order valence-electron chi connectivity index (χ1n) is 5.49. The molecule has 0 aromatic carbocycles. The monoisotopic (exact) mass is 274 g/mol. The predicted molar refractivity (Wildman–Crippen MR) is 71.3 cm³/mol. The number of ketones is 1. The molecule has 0 saturated heterocycles. The van der Waals surface area contributed by atoms with Gasteiger partial charge in [-0.1, -0.05) is 6.92 Å². The Bertz CT molecular complexity index is 510. The Morgan fingerprint density at radius 1 is 1.29 bits per heavy atom. The number of thiophene rings is 1. The van der Waals surface area contributed by atoms with Crippen molar-refractivity contribution in [2.24, 2.45) is 0 Å². The molecule has 0 N–H and O–H groups in total. The third-order valence-electron chi connectivity index (χ3n) is 3.00. The summed E-state index contributed by atoms with van der Waals surface area (Å²) in [7, 11) is -3.37. The molecular formula is C12H18O3S2. The summed E-state index contributed by atoms with van der Waals surface area (Å²) in [6.07, 6.45) is 2.25. The van der Waals surface area contributed by atoms with Crippen molar-refractivity contribution in [1.82, 2.24) is 0 Å². The highest BCUT2D eigenvalue weighted by Crippen LogP contribution is 2.23. The zero-order chi connectivity index (χ0) is 13.3. The highest BCUT2D eigenvalue weighted by atomic mass is 32.2. The quantitative estimate of drug-likeness (QED) is 0.827. The molecule has 0 radical (unpaired) electrons. The molecule has 0 amide bonds. The van der Waals surface area contributed by atoms with Crippen LogP contribution in [-0.4, -0.2) is 25.2 Å². The van der Waals surface area contributed by atoms with E-state index in [1.807, 2.05) is 12.1 Å². The fourth-order valence-electron chi connectivity index (χ4n) is 1.29. The van der Waals surface area contributed by atoms with Gasteiger partial charge in [-0.25, -0.2) is 8.42 Å². The van der Waals surface area contributed by atoms with Crippen molar-refractivity contribution >= 4 is 27.0 Å². The van der Waals surface area contributed by atoms with E-state index in [2.05, 4.69) is 6.92 Å². The first kappa shape index (κ1) is 14.4. The van der Waals surface area contributed by atoms with Crippen LogP contribution in [0.25, 0.3) is 0 Å². The van der Waals surface area contributed by atoms with Gasteiger partial charge < -0.3 is 0 Å². The van der Waals surface area contributed by atoms with E-state index in [0.29, 0.717) is 0 Å². The minimum atomic E-state index is -3.37. The van der Waals surface area contributed by atoms with E-state index in [1.54, 1.807) is 11.3 Å². The molecule has 0 bridgehead atoms. The number of aryl methyl sites for hydroxylation is 1. The van der Waals surface area contributed by atoms with Gasteiger partial charge in [0.25, 0.3) is 0 Å². The van der Waals surface area contributed by atoms with Gasteiger partial charge in [0.15, 0.2) is 15.6 Å². The maximum absolute atomic E-state index is 12.0. The lowest BCUT2D eigenvalue weighted by atomic mass is 10.0. The summed E-state index contributed by atoms with van der Waals surface area (Å²) in [6.45, 7) is 5.00. The van der Waals surface area contributed by atoms with E-state index in [0.717, 1.165) is 17.6 Å². The van der Waals surface area contributed by atoms with Gasteiger partial charge in [0, 0.05) is 22.4 Å². The van der Waals surface area contributed by atoms with E-state index >= 15 is 0 Å². The molecule has 1 heterocycles. The second kappa shape index (κ2) is 4.90. The number of hydrogen-bond acceptors (Lipinski definition) is 4. The number of sulfone groups is 1.